The molecule has 0 aliphatic carbocycles. The predicted molar refractivity (Wildman–Crippen MR) is 63.6 cm³/mol. The van der Waals surface area contributed by atoms with Crippen molar-refractivity contribution in [1.29, 1.82) is 0 Å². The van der Waals surface area contributed by atoms with Crippen LogP contribution in [0.5, 0.6) is 0 Å². The highest BCUT2D eigenvalue weighted by atomic mass is 32.2. The maximum absolute atomic E-state index is 13.6. The SMILES string of the molecule is CNCC(F)(F)c1ccc2c(c1)NC(=O)CS2. The summed E-state index contributed by atoms with van der Waals surface area (Å²) in [6.07, 6.45) is 0. The van der Waals surface area contributed by atoms with Gasteiger partial charge in [-0.25, -0.2) is 0 Å². The van der Waals surface area contributed by atoms with E-state index < -0.39 is 12.5 Å². The number of benzene rings is 1. The molecule has 2 N–H and O–H groups in total. The molecule has 6 heteroatoms. The first-order valence-electron chi connectivity index (χ1n) is 5.12. The predicted octanol–water partition coefficient (Wildman–Crippen LogP) is 2.04. The maximum Gasteiger partial charge on any atom is 0.285 e. The molecule has 0 unspecified atom stereocenters. The summed E-state index contributed by atoms with van der Waals surface area (Å²) in [7, 11) is 1.48. The van der Waals surface area contributed by atoms with E-state index in [1.54, 1.807) is 6.07 Å². The average molecular weight is 258 g/mol. The highest BCUT2D eigenvalue weighted by Gasteiger charge is 2.31. The minimum atomic E-state index is -2.93. The van der Waals surface area contributed by atoms with Gasteiger partial charge in [-0.3, -0.25) is 4.79 Å². The van der Waals surface area contributed by atoms with Gasteiger partial charge in [0.05, 0.1) is 18.0 Å². The molecular weight excluding hydrogens is 246 g/mol. The fourth-order valence-corrected chi connectivity index (χ4v) is 2.42. The summed E-state index contributed by atoms with van der Waals surface area (Å²) in [5.74, 6) is -2.76. The molecule has 0 saturated heterocycles. The van der Waals surface area contributed by atoms with Crippen LogP contribution in [0.4, 0.5) is 14.5 Å². The molecule has 2 rings (SSSR count). The van der Waals surface area contributed by atoms with E-state index in [-0.39, 0.29) is 11.5 Å². The molecule has 0 bridgehead atoms. The van der Waals surface area contributed by atoms with Gasteiger partial charge in [0, 0.05) is 10.5 Å². The van der Waals surface area contributed by atoms with E-state index in [0.717, 1.165) is 4.90 Å². The third-order valence-corrected chi connectivity index (χ3v) is 3.51. The van der Waals surface area contributed by atoms with Gasteiger partial charge < -0.3 is 10.6 Å². The van der Waals surface area contributed by atoms with E-state index in [4.69, 9.17) is 0 Å². The van der Waals surface area contributed by atoms with Crippen molar-refractivity contribution in [3.05, 3.63) is 23.8 Å². The van der Waals surface area contributed by atoms with Crippen LogP contribution in [0.25, 0.3) is 0 Å². The first-order chi connectivity index (χ1) is 8.03. The molecule has 1 heterocycles. The number of carbonyl (C=O) groups excluding carboxylic acids is 1. The quantitative estimate of drug-likeness (QED) is 0.871. The van der Waals surface area contributed by atoms with Crippen LogP contribution in [-0.2, 0) is 10.7 Å². The number of rotatable bonds is 3. The summed E-state index contributed by atoms with van der Waals surface area (Å²) in [5.41, 5.74) is 0.382. The van der Waals surface area contributed by atoms with E-state index in [1.165, 1.54) is 30.9 Å². The van der Waals surface area contributed by atoms with Crippen molar-refractivity contribution >= 4 is 23.4 Å². The van der Waals surface area contributed by atoms with Crippen molar-refractivity contribution in [3.63, 3.8) is 0 Å². The Kier molecular flexibility index (Phi) is 3.35. The number of thioether (sulfide) groups is 1. The number of carbonyl (C=O) groups is 1. The van der Waals surface area contributed by atoms with Crippen molar-refractivity contribution in [1.82, 2.24) is 5.32 Å². The number of hydrogen-bond acceptors (Lipinski definition) is 3. The molecule has 0 atom stereocenters. The van der Waals surface area contributed by atoms with Gasteiger partial charge in [-0.15, -0.1) is 11.8 Å². The fraction of sp³-hybridized carbons (Fsp3) is 0.364. The molecule has 17 heavy (non-hydrogen) atoms. The van der Waals surface area contributed by atoms with Crippen molar-refractivity contribution in [2.75, 3.05) is 24.7 Å². The number of anilines is 1. The molecule has 92 valence electrons. The Morgan fingerprint density at radius 2 is 2.29 bits per heavy atom. The van der Waals surface area contributed by atoms with Gasteiger partial charge in [0.15, 0.2) is 0 Å². The van der Waals surface area contributed by atoms with E-state index in [0.29, 0.717) is 11.4 Å². The normalized spacial score (nSPS) is 15.4. The average Bonchev–Trinajstić information content (AvgIpc) is 2.28. The maximum atomic E-state index is 13.6. The summed E-state index contributed by atoms with van der Waals surface area (Å²) >= 11 is 1.36. The monoisotopic (exact) mass is 258 g/mol. The van der Waals surface area contributed by atoms with Gasteiger partial charge in [0.25, 0.3) is 5.92 Å². The molecule has 1 aromatic carbocycles. The Morgan fingerprint density at radius 1 is 1.53 bits per heavy atom. The third kappa shape index (κ3) is 2.58. The molecule has 1 aliphatic heterocycles. The summed E-state index contributed by atoms with van der Waals surface area (Å²) in [4.78, 5) is 12.0. The Balaban J connectivity index is 2.32. The summed E-state index contributed by atoms with van der Waals surface area (Å²) in [6.45, 7) is -0.424. The van der Waals surface area contributed by atoms with Crippen LogP contribution < -0.4 is 10.6 Å². The zero-order valence-electron chi connectivity index (χ0n) is 9.22. The van der Waals surface area contributed by atoms with Crippen LogP contribution in [-0.4, -0.2) is 25.3 Å². The Morgan fingerprint density at radius 3 is 3.00 bits per heavy atom. The molecule has 0 saturated carbocycles. The van der Waals surface area contributed by atoms with Crippen LogP contribution in [0.2, 0.25) is 0 Å². The lowest BCUT2D eigenvalue weighted by atomic mass is 10.1. The van der Waals surface area contributed by atoms with E-state index in [9.17, 15) is 13.6 Å². The molecule has 3 nitrogen and oxygen atoms in total. The van der Waals surface area contributed by atoms with Gasteiger partial charge >= 0.3 is 0 Å². The van der Waals surface area contributed by atoms with Crippen LogP contribution >= 0.6 is 11.8 Å². The van der Waals surface area contributed by atoms with Crippen LogP contribution in [0.3, 0.4) is 0 Å². The van der Waals surface area contributed by atoms with Gasteiger partial charge in [0.1, 0.15) is 0 Å². The number of hydrogen-bond donors (Lipinski definition) is 2. The second-order valence-corrected chi connectivity index (χ2v) is 4.80. The molecule has 1 aromatic rings. The lowest BCUT2D eigenvalue weighted by Gasteiger charge is -2.21. The number of likely N-dealkylation sites (N-methyl/N-ethyl adjacent to an activating group) is 1. The number of fused-ring (bicyclic) bond motifs is 1. The largest absolute Gasteiger partial charge is 0.324 e. The molecule has 1 aliphatic rings. The molecule has 0 fully saturated rings. The Labute approximate surface area is 102 Å². The first kappa shape index (κ1) is 12.3. The molecule has 0 spiro atoms. The van der Waals surface area contributed by atoms with Crippen molar-refractivity contribution in [2.24, 2.45) is 0 Å². The van der Waals surface area contributed by atoms with E-state index in [2.05, 4.69) is 10.6 Å². The van der Waals surface area contributed by atoms with E-state index in [1.807, 2.05) is 0 Å². The number of alkyl halides is 2. The smallest absolute Gasteiger partial charge is 0.285 e. The number of halogens is 2. The summed E-state index contributed by atoms with van der Waals surface area (Å²) in [5, 5.41) is 5.05. The van der Waals surface area contributed by atoms with Crippen molar-refractivity contribution in [2.45, 2.75) is 10.8 Å². The third-order valence-electron chi connectivity index (χ3n) is 2.43. The minimum Gasteiger partial charge on any atom is -0.324 e. The standard InChI is InChI=1S/C11H12F2N2OS/c1-14-6-11(12,13)7-2-3-9-8(4-7)15-10(16)5-17-9/h2-4,14H,5-6H2,1H3,(H,15,16). The lowest BCUT2D eigenvalue weighted by molar-refractivity contribution is -0.113. The second kappa shape index (κ2) is 4.62. The zero-order chi connectivity index (χ0) is 12.5. The second-order valence-electron chi connectivity index (χ2n) is 3.78. The molecular formula is C11H12F2N2OS. The van der Waals surface area contributed by atoms with Crippen LogP contribution in [0, 0.1) is 0 Å². The fourth-order valence-electron chi connectivity index (χ4n) is 1.63. The summed E-state index contributed by atoms with van der Waals surface area (Å²) < 4.78 is 27.3. The topological polar surface area (TPSA) is 41.1 Å². The van der Waals surface area contributed by atoms with Crippen LogP contribution in [0.15, 0.2) is 23.1 Å². The highest BCUT2D eigenvalue weighted by Crippen LogP contribution is 2.36. The van der Waals surface area contributed by atoms with Gasteiger partial charge in [0.2, 0.25) is 5.91 Å². The number of amides is 1. The van der Waals surface area contributed by atoms with Crippen LogP contribution in [0.1, 0.15) is 5.56 Å². The summed E-state index contributed by atoms with van der Waals surface area (Å²) in [6, 6.07) is 4.37. The lowest BCUT2D eigenvalue weighted by Crippen LogP contribution is -2.28. The van der Waals surface area contributed by atoms with Crippen molar-refractivity contribution in [3.8, 4) is 0 Å². The van der Waals surface area contributed by atoms with E-state index >= 15 is 0 Å². The van der Waals surface area contributed by atoms with Gasteiger partial charge in [-0.05, 0) is 19.2 Å². The molecule has 0 aromatic heterocycles. The first-order valence-corrected chi connectivity index (χ1v) is 6.11. The van der Waals surface area contributed by atoms with Gasteiger partial charge in [-0.2, -0.15) is 8.78 Å². The number of nitrogens with one attached hydrogen (secondary N) is 2. The van der Waals surface area contributed by atoms with Gasteiger partial charge in [-0.1, -0.05) is 6.07 Å². The van der Waals surface area contributed by atoms with Crippen molar-refractivity contribution < 1.29 is 13.6 Å². The molecule has 1 amide bonds. The Hall–Kier alpha value is -1.14. The zero-order valence-corrected chi connectivity index (χ0v) is 10.0. The Bertz CT molecular complexity index is 451. The highest BCUT2D eigenvalue weighted by molar-refractivity contribution is 8.00. The minimum absolute atomic E-state index is 0.0894. The molecule has 0 radical (unpaired) electrons.